The molecule has 1 atom stereocenters. The molecule has 0 saturated carbocycles. The topological polar surface area (TPSA) is 3.24 Å². The van der Waals surface area contributed by atoms with Crippen LogP contribution in [0.25, 0.3) is 0 Å². The molecule has 0 heterocycles. The van der Waals surface area contributed by atoms with Crippen molar-refractivity contribution < 1.29 is 0 Å². The Balaban J connectivity index is 2.34. The lowest BCUT2D eigenvalue weighted by Crippen LogP contribution is -2.26. The number of rotatable bonds is 5. The third-order valence-corrected chi connectivity index (χ3v) is 3.13. The third kappa shape index (κ3) is 2.62. The molecule has 0 bridgehead atoms. The number of para-hydroxylation sites is 1. The molecule has 2 rings (SSSR count). The lowest BCUT2D eigenvalue weighted by Gasteiger charge is -2.31. The minimum absolute atomic E-state index is 0.221. The Morgan fingerprint density at radius 3 is 2.06 bits per heavy atom. The maximum atomic E-state index is 3.99. The van der Waals surface area contributed by atoms with Gasteiger partial charge in [-0.25, -0.2) is 0 Å². The average Bonchev–Trinajstić information content (AvgIpc) is 2.46. The standard InChI is InChI=1S/C17H19N/c1-3-17(15-11-7-5-8-12-15)18(4-2)16-13-9-6-10-14-16/h3,5-14,17H,1,4H2,2H3. The van der Waals surface area contributed by atoms with Crippen LogP contribution in [0.3, 0.4) is 0 Å². The summed E-state index contributed by atoms with van der Waals surface area (Å²) in [5.41, 5.74) is 2.51. The van der Waals surface area contributed by atoms with Gasteiger partial charge in [0, 0.05) is 12.2 Å². The van der Waals surface area contributed by atoms with Gasteiger partial charge in [0.05, 0.1) is 6.04 Å². The van der Waals surface area contributed by atoms with Crippen LogP contribution in [0.2, 0.25) is 0 Å². The van der Waals surface area contributed by atoms with Crippen LogP contribution >= 0.6 is 0 Å². The van der Waals surface area contributed by atoms with Crippen molar-refractivity contribution in [2.24, 2.45) is 0 Å². The van der Waals surface area contributed by atoms with Gasteiger partial charge in [-0.05, 0) is 24.6 Å². The molecule has 0 aliphatic carbocycles. The molecule has 0 amide bonds. The molecule has 1 nitrogen and oxygen atoms in total. The highest BCUT2D eigenvalue weighted by Gasteiger charge is 2.15. The second kappa shape index (κ2) is 6.06. The van der Waals surface area contributed by atoms with Crippen LogP contribution in [0.4, 0.5) is 5.69 Å². The molecule has 0 spiro atoms. The molecule has 18 heavy (non-hydrogen) atoms. The fraction of sp³-hybridized carbons (Fsp3) is 0.176. The van der Waals surface area contributed by atoms with Crippen LogP contribution in [0.15, 0.2) is 73.3 Å². The van der Waals surface area contributed by atoms with Gasteiger partial charge in [0.1, 0.15) is 0 Å². The van der Waals surface area contributed by atoms with Gasteiger partial charge >= 0.3 is 0 Å². The first-order chi connectivity index (χ1) is 8.86. The quantitative estimate of drug-likeness (QED) is 0.695. The highest BCUT2D eigenvalue weighted by Crippen LogP contribution is 2.27. The van der Waals surface area contributed by atoms with Crippen LogP contribution in [0.1, 0.15) is 18.5 Å². The van der Waals surface area contributed by atoms with Gasteiger partial charge in [-0.15, -0.1) is 6.58 Å². The number of nitrogens with zero attached hydrogens (tertiary/aromatic N) is 1. The Labute approximate surface area is 109 Å². The SMILES string of the molecule is C=CC(c1ccccc1)N(CC)c1ccccc1. The first-order valence-electron chi connectivity index (χ1n) is 6.36. The van der Waals surface area contributed by atoms with Gasteiger partial charge in [-0.3, -0.25) is 0 Å². The largest absolute Gasteiger partial charge is 0.361 e. The molecule has 0 N–H and O–H groups in total. The molecular formula is C17H19N. The highest BCUT2D eigenvalue weighted by atomic mass is 15.2. The van der Waals surface area contributed by atoms with Gasteiger partial charge < -0.3 is 4.90 Å². The first kappa shape index (κ1) is 12.4. The summed E-state index contributed by atoms with van der Waals surface area (Å²) in [6.07, 6.45) is 2.01. The molecular weight excluding hydrogens is 218 g/mol. The monoisotopic (exact) mass is 237 g/mol. The Morgan fingerprint density at radius 1 is 1.00 bits per heavy atom. The minimum atomic E-state index is 0.221. The fourth-order valence-electron chi connectivity index (χ4n) is 2.25. The molecule has 2 aromatic carbocycles. The predicted octanol–water partition coefficient (Wildman–Crippen LogP) is 4.44. The number of benzene rings is 2. The van der Waals surface area contributed by atoms with E-state index in [1.54, 1.807) is 0 Å². The molecule has 1 heteroatoms. The zero-order valence-electron chi connectivity index (χ0n) is 10.8. The number of likely N-dealkylation sites (N-methyl/N-ethyl adjacent to an activating group) is 1. The van der Waals surface area contributed by atoms with E-state index in [0.29, 0.717) is 0 Å². The number of hydrogen-bond acceptors (Lipinski definition) is 1. The van der Waals surface area contributed by atoms with Crippen molar-refractivity contribution in [2.75, 3.05) is 11.4 Å². The van der Waals surface area contributed by atoms with Gasteiger partial charge in [-0.2, -0.15) is 0 Å². The molecule has 1 unspecified atom stereocenters. The fourth-order valence-corrected chi connectivity index (χ4v) is 2.25. The van der Waals surface area contributed by atoms with Crippen LogP contribution < -0.4 is 4.90 Å². The highest BCUT2D eigenvalue weighted by molar-refractivity contribution is 5.50. The van der Waals surface area contributed by atoms with E-state index in [-0.39, 0.29) is 6.04 Å². The molecule has 2 aromatic rings. The van der Waals surface area contributed by atoms with Crippen molar-refractivity contribution in [3.05, 3.63) is 78.9 Å². The molecule has 0 saturated heterocycles. The second-order valence-corrected chi connectivity index (χ2v) is 4.21. The summed E-state index contributed by atoms with van der Waals surface area (Å²) >= 11 is 0. The smallest absolute Gasteiger partial charge is 0.0723 e. The average molecular weight is 237 g/mol. The van der Waals surface area contributed by atoms with Crippen molar-refractivity contribution in [1.29, 1.82) is 0 Å². The Bertz CT molecular complexity index is 475. The maximum absolute atomic E-state index is 3.99. The van der Waals surface area contributed by atoms with Crippen molar-refractivity contribution in [3.8, 4) is 0 Å². The summed E-state index contributed by atoms with van der Waals surface area (Å²) < 4.78 is 0. The van der Waals surface area contributed by atoms with Crippen molar-refractivity contribution in [2.45, 2.75) is 13.0 Å². The zero-order chi connectivity index (χ0) is 12.8. The zero-order valence-corrected chi connectivity index (χ0v) is 10.8. The molecule has 0 fully saturated rings. The van der Waals surface area contributed by atoms with Crippen molar-refractivity contribution in [1.82, 2.24) is 0 Å². The van der Waals surface area contributed by atoms with E-state index in [2.05, 4.69) is 66.9 Å². The summed E-state index contributed by atoms with van der Waals surface area (Å²) in [4.78, 5) is 2.35. The van der Waals surface area contributed by atoms with E-state index in [1.807, 2.05) is 18.2 Å². The van der Waals surface area contributed by atoms with Crippen molar-refractivity contribution in [3.63, 3.8) is 0 Å². The van der Waals surface area contributed by atoms with Gasteiger partial charge in [0.15, 0.2) is 0 Å². The number of anilines is 1. The Hall–Kier alpha value is -2.02. The van der Waals surface area contributed by atoms with Gasteiger partial charge in [-0.1, -0.05) is 54.6 Å². The normalized spacial score (nSPS) is 11.8. The first-order valence-corrected chi connectivity index (χ1v) is 6.36. The van der Waals surface area contributed by atoms with E-state index in [4.69, 9.17) is 0 Å². The molecule has 0 aromatic heterocycles. The maximum Gasteiger partial charge on any atom is 0.0723 e. The lowest BCUT2D eigenvalue weighted by molar-refractivity contribution is 0.748. The van der Waals surface area contributed by atoms with Gasteiger partial charge in [0.2, 0.25) is 0 Å². The lowest BCUT2D eigenvalue weighted by atomic mass is 10.0. The summed E-state index contributed by atoms with van der Waals surface area (Å²) in [5, 5.41) is 0. The Morgan fingerprint density at radius 2 is 1.56 bits per heavy atom. The third-order valence-electron chi connectivity index (χ3n) is 3.13. The van der Waals surface area contributed by atoms with Crippen LogP contribution in [-0.2, 0) is 0 Å². The van der Waals surface area contributed by atoms with E-state index < -0.39 is 0 Å². The van der Waals surface area contributed by atoms with E-state index in [0.717, 1.165) is 6.54 Å². The van der Waals surface area contributed by atoms with Crippen molar-refractivity contribution >= 4 is 5.69 Å². The van der Waals surface area contributed by atoms with Gasteiger partial charge in [0.25, 0.3) is 0 Å². The van der Waals surface area contributed by atoms with Crippen LogP contribution in [0.5, 0.6) is 0 Å². The second-order valence-electron chi connectivity index (χ2n) is 4.21. The van der Waals surface area contributed by atoms with E-state index in [9.17, 15) is 0 Å². The minimum Gasteiger partial charge on any atom is -0.361 e. The molecule has 92 valence electrons. The molecule has 0 aliphatic heterocycles. The van der Waals surface area contributed by atoms with Crippen LogP contribution in [0, 0.1) is 0 Å². The summed E-state index contributed by atoms with van der Waals surface area (Å²) in [5.74, 6) is 0. The van der Waals surface area contributed by atoms with E-state index in [1.165, 1.54) is 11.3 Å². The molecule has 0 aliphatic rings. The number of hydrogen-bond donors (Lipinski definition) is 0. The summed E-state index contributed by atoms with van der Waals surface area (Å²) in [6.45, 7) is 7.12. The van der Waals surface area contributed by atoms with Crippen LogP contribution in [-0.4, -0.2) is 6.54 Å². The summed E-state index contributed by atoms with van der Waals surface area (Å²) in [6, 6.07) is 21.2. The predicted molar refractivity (Wildman–Crippen MR) is 78.8 cm³/mol. The van der Waals surface area contributed by atoms with E-state index >= 15 is 0 Å². The Kier molecular flexibility index (Phi) is 4.19. The molecule has 0 radical (unpaired) electrons. The summed E-state index contributed by atoms with van der Waals surface area (Å²) in [7, 11) is 0.